The van der Waals surface area contributed by atoms with Crippen molar-refractivity contribution in [1.82, 2.24) is 9.13 Å². The Morgan fingerprint density at radius 1 is 0.857 bits per heavy atom. The molecule has 0 amide bonds. The van der Waals surface area contributed by atoms with Gasteiger partial charge < -0.3 is 4.90 Å². The maximum absolute atomic E-state index is 13.1. The molecule has 142 valence electrons. The van der Waals surface area contributed by atoms with E-state index in [-0.39, 0.29) is 17.2 Å². The molecule has 5 nitrogen and oxygen atoms in total. The number of anilines is 1. The molecule has 5 heteroatoms. The molecule has 1 aromatic heterocycles. The van der Waals surface area contributed by atoms with E-state index in [0.29, 0.717) is 18.4 Å². The summed E-state index contributed by atoms with van der Waals surface area (Å²) in [5.74, 6) is 1.72. The molecule has 2 heterocycles. The largest absolute Gasteiger partial charge is 0.353 e. The number of nitrogens with zero attached hydrogens (tertiary/aromatic N) is 3. The molecule has 3 aromatic rings. The first-order valence-corrected chi connectivity index (χ1v) is 9.71. The van der Waals surface area contributed by atoms with Crippen molar-refractivity contribution in [2.45, 2.75) is 18.4 Å². The van der Waals surface area contributed by atoms with Crippen LogP contribution in [0.4, 0.5) is 5.82 Å². The van der Waals surface area contributed by atoms with E-state index in [0.717, 1.165) is 17.9 Å². The first kappa shape index (κ1) is 17.0. The highest BCUT2D eigenvalue weighted by Crippen LogP contribution is 2.63. The smallest absolute Gasteiger partial charge is 0.332 e. The number of hydrogen-bond acceptors (Lipinski definition) is 3. The molecule has 1 saturated carbocycles. The lowest BCUT2D eigenvalue weighted by molar-refractivity contribution is 0.591. The summed E-state index contributed by atoms with van der Waals surface area (Å²) < 4.78 is 2.90. The summed E-state index contributed by atoms with van der Waals surface area (Å²) in [6.07, 6.45) is 0. The average Bonchev–Trinajstić information content (AvgIpc) is 3.45. The second-order valence-electron chi connectivity index (χ2n) is 7.94. The standard InChI is InChI=1S/C23H23N3O2/c1-24-21-20(22(27)25(2)23(24)28)19-17(18(19)16-11-7-4-8-12-16)14-26(21)13-15-9-5-3-6-10-15/h3-12,17-19H,13-14H2,1-2H3/t17-,18-,19-/m0/s1. The lowest BCUT2D eigenvalue weighted by Crippen LogP contribution is -2.45. The minimum atomic E-state index is -0.267. The zero-order valence-corrected chi connectivity index (χ0v) is 16.1. The fraction of sp³-hybridized carbons (Fsp3) is 0.304. The van der Waals surface area contributed by atoms with Gasteiger partial charge in [0.1, 0.15) is 5.82 Å². The molecule has 2 aliphatic rings. The number of hydrogen-bond donors (Lipinski definition) is 0. The number of aromatic nitrogens is 2. The molecule has 0 spiro atoms. The van der Waals surface area contributed by atoms with Crippen LogP contribution in [0.2, 0.25) is 0 Å². The number of rotatable bonds is 3. The molecule has 0 bridgehead atoms. The van der Waals surface area contributed by atoms with Gasteiger partial charge in [0.05, 0.1) is 5.56 Å². The van der Waals surface area contributed by atoms with E-state index in [1.807, 2.05) is 24.3 Å². The predicted molar refractivity (Wildman–Crippen MR) is 110 cm³/mol. The molecule has 1 aliphatic carbocycles. The minimum Gasteiger partial charge on any atom is -0.353 e. The molecule has 1 aliphatic heterocycles. The Morgan fingerprint density at radius 2 is 1.50 bits per heavy atom. The van der Waals surface area contributed by atoms with Gasteiger partial charge in [-0.3, -0.25) is 13.9 Å². The normalized spacial score (nSPS) is 22.5. The van der Waals surface area contributed by atoms with Gasteiger partial charge >= 0.3 is 5.69 Å². The molecule has 28 heavy (non-hydrogen) atoms. The van der Waals surface area contributed by atoms with Crippen molar-refractivity contribution < 1.29 is 0 Å². The Labute approximate surface area is 163 Å². The molecular weight excluding hydrogens is 350 g/mol. The Kier molecular flexibility index (Phi) is 3.79. The second kappa shape index (κ2) is 6.23. The summed E-state index contributed by atoms with van der Waals surface area (Å²) in [6, 6.07) is 20.7. The summed E-state index contributed by atoms with van der Waals surface area (Å²) >= 11 is 0. The van der Waals surface area contributed by atoms with Crippen LogP contribution in [0.3, 0.4) is 0 Å². The quantitative estimate of drug-likeness (QED) is 0.709. The van der Waals surface area contributed by atoms with Crippen LogP contribution in [0.5, 0.6) is 0 Å². The molecule has 0 saturated heterocycles. The lowest BCUT2D eigenvalue weighted by Gasteiger charge is -2.32. The molecule has 3 atom stereocenters. The van der Waals surface area contributed by atoms with Crippen LogP contribution in [0.1, 0.15) is 28.5 Å². The van der Waals surface area contributed by atoms with Gasteiger partial charge in [0.15, 0.2) is 0 Å². The van der Waals surface area contributed by atoms with Crippen LogP contribution in [0, 0.1) is 5.92 Å². The van der Waals surface area contributed by atoms with E-state index in [4.69, 9.17) is 0 Å². The van der Waals surface area contributed by atoms with Crippen LogP contribution in [0.25, 0.3) is 0 Å². The summed E-state index contributed by atoms with van der Waals surface area (Å²) in [7, 11) is 3.36. The third-order valence-corrected chi connectivity index (χ3v) is 6.30. The van der Waals surface area contributed by atoms with Gasteiger partial charge in [-0.25, -0.2) is 4.79 Å². The summed E-state index contributed by atoms with van der Waals surface area (Å²) in [4.78, 5) is 28.0. The van der Waals surface area contributed by atoms with Crippen molar-refractivity contribution in [1.29, 1.82) is 0 Å². The lowest BCUT2D eigenvalue weighted by atomic mass is 10.0. The molecule has 5 rings (SSSR count). The molecule has 0 radical (unpaired) electrons. The maximum atomic E-state index is 13.1. The van der Waals surface area contributed by atoms with E-state index >= 15 is 0 Å². The highest BCUT2D eigenvalue weighted by molar-refractivity contribution is 5.58. The highest BCUT2D eigenvalue weighted by Gasteiger charge is 2.57. The maximum Gasteiger partial charge on any atom is 0.332 e. The highest BCUT2D eigenvalue weighted by atomic mass is 16.2. The van der Waals surface area contributed by atoms with Crippen molar-refractivity contribution in [3.05, 3.63) is 98.2 Å². The fourth-order valence-corrected chi connectivity index (χ4v) is 4.94. The van der Waals surface area contributed by atoms with Gasteiger partial charge in [-0.05, 0) is 23.0 Å². The Morgan fingerprint density at radius 3 is 2.18 bits per heavy atom. The molecular formula is C23H23N3O2. The van der Waals surface area contributed by atoms with Crippen LogP contribution in [0.15, 0.2) is 70.3 Å². The third-order valence-electron chi connectivity index (χ3n) is 6.30. The minimum absolute atomic E-state index is 0.149. The second-order valence-corrected chi connectivity index (χ2v) is 7.94. The van der Waals surface area contributed by atoms with Gasteiger partial charge in [0, 0.05) is 33.1 Å². The van der Waals surface area contributed by atoms with Gasteiger partial charge in [-0.1, -0.05) is 60.7 Å². The first-order valence-electron chi connectivity index (χ1n) is 9.71. The summed E-state index contributed by atoms with van der Waals surface area (Å²) in [5.41, 5.74) is 2.84. The number of fused-ring (bicyclic) bond motifs is 3. The molecule has 2 aromatic carbocycles. The van der Waals surface area contributed by atoms with Crippen LogP contribution < -0.4 is 16.1 Å². The van der Waals surface area contributed by atoms with E-state index in [1.165, 1.54) is 15.7 Å². The number of benzene rings is 2. The van der Waals surface area contributed by atoms with Crippen molar-refractivity contribution in [2.75, 3.05) is 11.4 Å². The van der Waals surface area contributed by atoms with E-state index < -0.39 is 0 Å². The molecule has 0 unspecified atom stereocenters. The zero-order valence-electron chi connectivity index (χ0n) is 16.1. The van der Waals surface area contributed by atoms with Gasteiger partial charge in [-0.2, -0.15) is 0 Å². The predicted octanol–water partition coefficient (Wildman–Crippen LogP) is 2.60. The van der Waals surface area contributed by atoms with Crippen molar-refractivity contribution in [2.24, 2.45) is 20.0 Å². The van der Waals surface area contributed by atoms with E-state index in [9.17, 15) is 9.59 Å². The van der Waals surface area contributed by atoms with E-state index in [1.54, 1.807) is 18.7 Å². The fourth-order valence-electron chi connectivity index (χ4n) is 4.94. The topological polar surface area (TPSA) is 47.2 Å². The monoisotopic (exact) mass is 373 g/mol. The molecule has 0 N–H and O–H groups in total. The van der Waals surface area contributed by atoms with Crippen molar-refractivity contribution in [3.8, 4) is 0 Å². The van der Waals surface area contributed by atoms with Gasteiger partial charge in [0.2, 0.25) is 0 Å². The summed E-state index contributed by atoms with van der Waals surface area (Å²) in [6.45, 7) is 1.55. The van der Waals surface area contributed by atoms with Crippen LogP contribution in [-0.4, -0.2) is 15.7 Å². The average molecular weight is 373 g/mol. The van der Waals surface area contributed by atoms with E-state index in [2.05, 4.69) is 41.3 Å². The first-order chi connectivity index (χ1) is 13.6. The van der Waals surface area contributed by atoms with Crippen LogP contribution >= 0.6 is 0 Å². The van der Waals surface area contributed by atoms with Gasteiger partial charge in [-0.15, -0.1) is 0 Å². The van der Waals surface area contributed by atoms with Gasteiger partial charge in [0.25, 0.3) is 5.56 Å². The van der Waals surface area contributed by atoms with Crippen molar-refractivity contribution >= 4 is 5.82 Å². The third kappa shape index (κ3) is 2.46. The van der Waals surface area contributed by atoms with Crippen molar-refractivity contribution in [3.63, 3.8) is 0 Å². The van der Waals surface area contributed by atoms with Crippen LogP contribution in [-0.2, 0) is 20.6 Å². The summed E-state index contributed by atoms with van der Waals surface area (Å²) in [5, 5.41) is 0. The zero-order chi connectivity index (χ0) is 19.4. The Hall–Kier alpha value is -3.08. The Bertz CT molecular complexity index is 1150. The SMILES string of the molecule is Cn1c2c(c(=O)n(C)c1=O)[C@H]1[C@@H](CN2Cc2ccccc2)[C@@H]1c1ccccc1. The Balaban J connectivity index is 1.65. The molecule has 1 fully saturated rings.